The minimum Gasteiger partial charge on any atom is -0.483 e. The highest BCUT2D eigenvalue weighted by atomic mass is 32.2. The monoisotopic (exact) mass is 300 g/mol. The standard InChI is InChI=1S/C12H16N2O5S/c1-8(2)4-5-19-11-6-9(3)12(20(13,17)18)7-10(11)14(15)16/h4,6-7H,5H2,1-3H3,(H2,13,17,18). The van der Waals surface area contributed by atoms with Crippen LogP contribution in [0.15, 0.2) is 28.7 Å². The third-order valence-corrected chi connectivity index (χ3v) is 3.54. The van der Waals surface area contributed by atoms with E-state index in [1.54, 1.807) is 6.08 Å². The van der Waals surface area contributed by atoms with Crippen molar-refractivity contribution in [2.45, 2.75) is 25.7 Å². The predicted octanol–water partition coefficient (Wildman–Crippen LogP) is 1.90. The third-order valence-electron chi connectivity index (χ3n) is 2.49. The van der Waals surface area contributed by atoms with E-state index in [4.69, 9.17) is 9.88 Å². The van der Waals surface area contributed by atoms with Crippen LogP contribution in [0.2, 0.25) is 0 Å². The van der Waals surface area contributed by atoms with Crippen LogP contribution in [0.5, 0.6) is 5.75 Å². The van der Waals surface area contributed by atoms with Gasteiger partial charge in [0.2, 0.25) is 10.0 Å². The molecule has 0 bridgehead atoms. The Morgan fingerprint density at radius 1 is 1.45 bits per heavy atom. The minimum atomic E-state index is -4.01. The lowest BCUT2D eigenvalue weighted by molar-refractivity contribution is -0.386. The summed E-state index contributed by atoms with van der Waals surface area (Å²) in [6.07, 6.45) is 1.76. The fourth-order valence-corrected chi connectivity index (χ4v) is 2.30. The molecule has 2 N–H and O–H groups in total. The van der Waals surface area contributed by atoms with Gasteiger partial charge in [0.15, 0.2) is 5.75 Å². The van der Waals surface area contributed by atoms with Crippen molar-refractivity contribution in [3.8, 4) is 5.75 Å². The largest absolute Gasteiger partial charge is 0.483 e. The Hall–Kier alpha value is -1.93. The van der Waals surface area contributed by atoms with Crippen molar-refractivity contribution >= 4 is 15.7 Å². The highest BCUT2D eigenvalue weighted by Crippen LogP contribution is 2.32. The molecule has 8 heteroatoms. The summed E-state index contributed by atoms with van der Waals surface area (Å²) in [5, 5.41) is 16.0. The maximum Gasteiger partial charge on any atom is 0.312 e. The predicted molar refractivity (Wildman–Crippen MR) is 74.1 cm³/mol. The number of nitrogens with zero attached hydrogens (tertiary/aromatic N) is 1. The van der Waals surface area contributed by atoms with Crippen LogP contribution >= 0.6 is 0 Å². The fraction of sp³-hybridized carbons (Fsp3) is 0.333. The number of nitro benzene ring substituents is 1. The highest BCUT2D eigenvalue weighted by Gasteiger charge is 2.22. The first-order chi connectivity index (χ1) is 9.12. The molecule has 0 saturated carbocycles. The summed E-state index contributed by atoms with van der Waals surface area (Å²) < 4.78 is 28.0. The number of sulfonamides is 1. The second-order valence-corrected chi connectivity index (χ2v) is 6.01. The first-order valence-electron chi connectivity index (χ1n) is 5.71. The molecule has 20 heavy (non-hydrogen) atoms. The molecule has 0 radical (unpaired) electrons. The van der Waals surface area contributed by atoms with Gasteiger partial charge in [0, 0.05) is 6.07 Å². The van der Waals surface area contributed by atoms with E-state index in [0.29, 0.717) is 5.56 Å². The van der Waals surface area contributed by atoms with Gasteiger partial charge in [-0.3, -0.25) is 10.1 Å². The molecule has 1 aromatic carbocycles. The summed E-state index contributed by atoms with van der Waals surface area (Å²) >= 11 is 0. The number of hydrogen-bond donors (Lipinski definition) is 1. The Balaban J connectivity index is 3.29. The molecule has 1 aromatic rings. The molecule has 0 aliphatic heterocycles. The van der Waals surface area contributed by atoms with Crippen molar-refractivity contribution < 1.29 is 18.1 Å². The number of benzene rings is 1. The van der Waals surface area contributed by atoms with Gasteiger partial charge in [0.25, 0.3) is 0 Å². The van der Waals surface area contributed by atoms with Crippen LogP contribution in [0.1, 0.15) is 19.4 Å². The van der Waals surface area contributed by atoms with Crippen LogP contribution in [0.25, 0.3) is 0 Å². The molecule has 0 aliphatic carbocycles. The Kier molecular flexibility index (Phi) is 4.85. The summed E-state index contributed by atoms with van der Waals surface area (Å²) in [4.78, 5) is 10.0. The average Bonchev–Trinajstić information content (AvgIpc) is 2.26. The van der Waals surface area contributed by atoms with E-state index in [1.807, 2.05) is 13.8 Å². The van der Waals surface area contributed by atoms with Crippen molar-refractivity contribution in [1.29, 1.82) is 0 Å². The number of allylic oxidation sites excluding steroid dienone is 1. The van der Waals surface area contributed by atoms with Crippen molar-refractivity contribution in [1.82, 2.24) is 0 Å². The number of rotatable bonds is 5. The molecule has 1 rings (SSSR count). The van der Waals surface area contributed by atoms with E-state index < -0.39 is 20.6 Å². The van der Waals surface area contributed by atoms with Crippen molar-refractivity contribution in [3.05, 3.63) is 39.5 Å². The molecular formula is C12H16N2O5S. The van der Waals surface area contributed by atoms with E-state index in [-0.39, 0.29) is 17.3 Å². The SMILES string of the molecule is CC(C)=CCOc1cc(C)c(S(N)(=O)=O)cc1[N+](=O)[O-]. The van der Waals surface area contributed by atoms with Gasteiger partial charge < -0.3 is 4.74 Å². The summed E-state index contributed by atoms with van der Waals surface area (Å²) in [7, 11) is -4.01. The van der Waals surface area contributed by atoms with E-state index in [9.17, 15) is 18.5 Å². The van der Waals surface area contributed by atoms with E-state index in [1.165, 1.54) is 13.0 Å². The highest BCUT2D eigenvalue weighted by molar-refractivity contribution is 7.89. The summed E-state index contributed by atoms with van der Waals surface area (Å²) in [6.45, 7) is 5.40. The number of nitrogens with two attached hydrogens (primary N) is 1. The average molecular weight is 300 g/mol. The topological polar surface area (TPSA) is 113 Å². The summed E-state index contributed by atoms with van der Waals surface area (Å²) in [6, 6.07) is 2.22. The van der Waals surface area contributed by atoms with E-state index >= 15 is 0 Å². The zero-order valence-electron chi connectivity index (χ0n) is 11.4. The molecular weight excluding hydrogens is 284 g/mol. The molecule has 7 nitrogen and oxygen atoms in total. The molecule has 0 atom stereocenters. The molecule has 0 amide bonds. The Morgan fingerprint density at radius 2 is 2.05 bits per heavy atom. The van der Waals surface area contributed by atoms with E-state index in [2.05, 4.69) is 0 Å². The molecule has 0 spiro atoms. The number of ether oxygens (including phenoxy) is 1. The lowest BCUT2D eigenvalue weighted by Gasteiger charge is -2.09. The summed E-state index contributed by atoms with van der Waals surface area (Å²) in [5.74, 6) is 0.0115. The van der Waals surface area contributed by atoms with Gasteiger partial charge in [-0.05, 0) is 38.5 Å². The Labute approximate surface area is 117 Å². The second-order valence-electron chi connectivity index (χ2n) is 4.48. The molecule has 0 fully saturated rings. The Morgan fingerprint density at radius 3 is 2.50 bits per heavy atom. The van der Waals surface area contributed by atoms with Gasteiger partial charge in [0.1, 0.15) is 6.61 Å². The number of nitro groups is 1. The summed E-state index contributed by atoms with van der Waals surface area (Å²) in [5.41, 5.74) is 0.873. The van der Waals surface area contributed by atoms with Crippen LogP contribution in [0, 0.1) is 17.0 Å². The molecule has 0 unspecified atom stereocenters. The maximum atomic E-state index is 11.3. The molecule has 0 aromatic heterocycles. The van der Waals surface area contributed by atoms with Crippen LogP contribution in [-0.4, -0.2) is 19.9 Å². The first-order valence-corrected chi connectivity index (χ1v) is 7.25. The van der Waals surface area contributed by atoms with Gasteiger partial charge in [0.05, 0.1) is 9.82 Å². The third kappa shape index (κ3) is 4.04. The van der Waals surface area contributed by atoms with E-state index in [0.717, 1.165) is 11.6 Å². The van der Waals surface area contributed by atoms with Crippen LogP contribution in [-0.2, 0) is 10.0 Å². The Bertz CT molecular complexity index is 661. The van der Waals surface area contributed by atoms with Crippen LogP contribution in [0.3, 0.4) is 0 Å². The lowest BCUT2D eigenvalue weighted by atomic mass is 10.2. The van der Waals surface area contributed by atoms with Gasteiger partial charge in [-0.15, -0.1) is 0 Å². The molecule has 0 saturated heterocycles. The first kappa shape index (κ1) is 16.1. The van der Waals surface area contributed by atoms with Crippen LogP contribution in [0.4, 0.5) is 5.69 Å². The maximum absolute atomic E-state index is 11.3. The quantitative estimate of drug-likeness (QED) is 0.507. The molecule has 0 aliphatic rings. The fourth-order valence-electron chi connectivity index (χ4n) is 1.51. The normalized spacial score (nSPS) is 11.0. The number of primary sulfonamides is 1. The van der Waals surface area contributed by atoms with Crippen molar-refractivity contribution in [2.24, 2.45) is 5.14 Å². The zero-order chi connectivity index (χ0) is 15.5. The molecule has 110 valence electrons. The molecule has 0 heterocycles. The smallest absolute Gasteiger partial charge is 0.312 e. The minimum absolute atomic E-state index is 0.0115. The second kappa shape index (κ2) is 6.02. The number of aryl methyl sites for hydroxylation is 1. The number of hydrogen-bond acceptors (Lipinski definition) is 5. The van der Waals surface area contributed by atoms with Gasteiger partial charge in [-0.25, -0.2) is 13.6 Å². The van der Waals surface area contributed by atoms with Crippen molar-refractivity contribution in [3.63, 3.8) is 0 Å². The lowest BCUT2D eigenvalue weighted by Crippen LogP contribution is -2.14. The van der Waals surface area contributed by atoms with Gasteiger partial charge in [-0.1, -0.05) is 5.57 Å². The zero-order valence-corrected chi connectivity index (χ0v) is 12.2. The van der Waals surface area contributed by atoms with Crippen molar-refractivity contribution in [2.75, 3.05) is 6.61 Å². The van der Waals surface area contributed by atoms with Gasteiger partial charge in [-0.2, -0.15) is 0 Å². The van der Waals surface area contributed by atoms with Gasteiger partial charge >= 0.3 is 5.69 Å². The van der Waals surface area contributed by atoms with Crippen LogP contribution < -0.4 is 9.88 Å².